The van der Waals surface area contributed by atoms with Gasteiger partial charge in [-0.1, -0.05) is 12.1 Å². The second kappa shape index (κ2) is 10.5. The molecule has 2 aliphatic rings. The van der Waals surface area contributed by atoms with Gasteiger partial charge in [0.05, 0.1) is 34.5 Å². The van der Waals surface area contributed by atoms with Gasteiger partial charge < -0.3 is 20.5 Å². The number of carbonyl (C=O) groups excluding carboxylic acids is 1. The van der Waals surface area contributed by atoms with Crippen LogP contribution in [0.3, 0.4) is 0 Å². The quantitative estimate of drug-likeness (QED) is 0.249. The second-order valence-electron chi connectivity index (χ2n) is 11.9. The van der Waals surface area contributed by atoms with E-state index in [1.54, 1.807) is 30.9 Å². The van der Waals surface area contributed by atoms with Crippen molar-refractivity contribution < 1.29 is 9.18 Å². The number of imidazole rings is 1. The summed E-state index contributed by atoms with van der Waals surface area (Å²) in [6.07, 6.45) is 10.5. The molecule has 6 heterocycles. The van der Waals surface area contributed by atoms with Gasteiger partial charge in [-0.25, -0.2) is 14.4 Å². The van der Waals surface area contributed by atoms with Crippen molar-refractivity contribution in [1.82, 2.24) is 29.8 Å². The van der Waals surface area contributed by atoms with Crippen LogP contribution in [0, 0.1) is 11.7 Å². The molecular formula is C33H33FN8O. The molecule has 2 atom stereocenters. The molecule has 9 nitrogen and oxygen atoms in total. The lowest BCUT2D eigenvalue weighted by molar-refractivity contribution is -0.121. The smallest absolute Gasteiger partial charge is 0.227 e. The van der Waals surface area contributed by atoms with Crippen molar-refractivity contribution in [2.24, 2.45) is 5.92 Å². The number of carbonyl (C=O) groups is 1. The van der Waals surface area contributed by atoms with Crippen molar-refractivity contribution in [2.75, 3.05) is 30.8 Å². The van der Waals surface area contributed by atoms with Crippen LogP contribution in [0.1, 0.15) is 38.1 Å². The number of likely N-dealkylation sites (tertiary alicyclic amines) is 1. The number of H-pyrrole nitrogens is 1. The normalized spacial score (nSPS) is 20.6. The second-order valence-corrected chi connectivity index (χ2v) is 11.9. The molecule has 3 N–H and O–H groups in total. The van der Waals surface area contributed by atoms with E-state index < -0.39 is 5.41 Å². The van der Waals surface area contributed by atoms with Gasteiger partial charge in [0.2, 0.25) is 5.91 Å². The van der Waals surface area contributed by atoms with Gasteiger partial charge in [0.25, 0.3) is 0 Å². The SMILES string of the molecule is C[C@H]1Nc2ncc(-c3cncc(NC(=O)C4CCN(C)CC4)c3)cc2C1(C)c1nc2c(-c3cccc(F)c3)cncc2[nH]1. The van der Waals surface area contributed by atoms with Crippen LogP contribution >= 0.6 is 0 Å². The maximum absolute atomic E-state index is 14.1. The number of amides is 1. The minimum atomic E-state index is -0.552. The van der Waals surface area contributed by atoms with E-state index in [4.69, 9.17) is 9.97 Å². The Morgan fingerprint density at radius 1 is 1.02 bits per heavy atom. The highest BCUT2D eigenvalue weighted by Crippen LogP contribution is 2.46. The Hall–Kier alpha value is -4.70. The molecular weight excluding hydrogens is 543 g/mol. The molecule has 1 unspecified atom stereocenters. The van der Waals surface area contributed by atoms with Crippen LogP contribution in [-0.2, 0) is 10.2 Å². The number of halogens is 1. The van der Waals surface area contributed by atoms with E-state index in [2.05, 4.69) is 57.4 Å². The summed E-state index contributed by atoms with van der Waals surface area (Å²) < 4.78 is 14.1. The fourth-order valence-corrected chi connectivity index (χ4v) is 6.28. The number of hydrogen-bond donors (Lipinski definition) is 3. The number of hydrogen-bond acceptors (Lipinski definition) is 7. The molecule has 4 aromatic heterocycles. The summed E-state index contributed by atoms with van der Waals surface area (Å²) in [5, 5.41) is 6.61. The lowest BCUT2D eigenvalue weighted by atomic mass is 9.78. The molecule has 218 valence electrons. The Morgan fingerprint density at radius 2 is 1.81 bits per heavy atom. The Labute approximate surface area is 249 Å². The van der Waals surface area contributed by atoms with E-state index in [9.17, 15) is 9.18 Å². The molecule has 1 saturated heterocycles. The lowest BCUT2D eigenvalue weighted by Gasteiger charge is -2.28. The van der Waals surface area contributed by atoms with E-state index in [0.29, 0.717) is 5.69 Å². The van der Waals surface area contributed by atoms with Gasteiger partial charge in [-0.05, 0) is 76.7 Å². The highest BCUT2D eigenvalue weighted by atomic mass is 19.1. The van der Waals surface area contributed by atoms with E-state index in [1.807, 2.05) is 18.3 Å². The van der Waals surface area contributed by atoms with Crippen molar-refractivity contribution in [3.05, 3.63) is 84.6 Å². The summed E-state index contributed by atoms with van der Waals surface area (Å²) >= 11 is 0. The first kappa shape index (κ1) is 27.2. The first-order chi connectivity index (χ1) is 20.8. The maximum Gasteiger partial charge on any atom is 0.227 e. The highest BCUT2D eigenvalue weighted by Gasteiger charge is 2.45. The number of nitrogens with one attached hydrogen (secondary N) is 3. The van der Waals surface area contributed by atoms with Crippen LogP contribution < -0.4 is 10.6 Å². The molecule has 43 heavy (non-hydrogen) atoms. The summed E-state index contributed by atoms with van der Waals surface area (Å²) in [5.41, 5.74) is 5.87. The largest absolute Gasteiger partial charge is 0.366 e. The standard InChI is InChI=1S/C33H33FN8O/c1-19-33(2,32-40-28-18-36-17-26(29(28)41-32)21-5-4-6-24(34)11-21)27-13-23(15-37-30(27)38-19)22-12-25(16-35-14-22)39-31(43)20-7-9-42(3)10-8-20/h4-6,11-20H,7-10H2,1-3H3,(H,37,38)(H,39,43)(H,40,41)/t19-,33?/m1/s1. The van der Waals surface area contributed by atoms with Crippen molar-refractivity contribution in [3.63, 3.8) is 0 Å². The fourth-order valence-electron chi connectivity index (χ4n) is 6.28. The van der Waals surface area contributed by atoms with Crippen molar-refractivity contribution in [2.45, 2.75) is 38.1 Å². The molecule has 0 aliphatic carbocycles. The number of fused-ring (bicyclic) bond motifs is 2. The highest BCUT2D eigenvalue weighted by molar-refractivity contribution is 5.93. The number of rotatable bonds is 5. The average Bonchev–Trinajstić information content (AvgIpc) is 3.56. The van der Waals surface area contributed by atoms with Gasteiger partial charge in [0.1, 0.15) is 17.5 Å². The maximum atomic E-state index is 14.1. The number of pyridine rings is 3. The third kappa shape index (κ3) is 4.81. The van der Waals surface area contributed by atoms with E-state index in [-0.39, 0.29) is 23.7 Å². The number of nitrogens with zero attached hydrogens (tertiary/aromatic N) is 5. The number of aromatic amines is 1. The number of piperidine rings is 1. The van der Waals surface area contributed by atoms with Crippen LogP contribution in [-0.4, -0.2) is 61.9 Å². The molecule has 10 heteroatoms. The zero-order chi connectivity index (χ0) is 29.7. The number of benzene rings is 1. The zero-order valence-electron chi connectivity index (χ0n) is 24.4. The Balaban J connectivity index is 1.22. The summed E-state index contributed by atoms with van der Waals surface area (Å²) in [5.74, 6) is 1.31. The fraction of sp³-hybridized carbons (Fsp3) is 0.303. The first-order valence-corrected chi connectivity index (χ1v) is 14.6. The lowest BCUT2D eigenvalue weighted by Crippen LogP contribution is -2.36. The van der Waals surface area contributed by atoms with E-state index in [0.717, 1.165) is 76.4 Å². The molecule has 2 aliphatic heterocycles. The van der Waals surface area contributed by atoms with Gasteiger partial charge in [0.15, 0.2) is 0 Å². The van der Waals surface area contributed by atoms with Gasteiger partial charge in [-0.2, -0.15) is 0 Å². The third-order valence-corrected chi connectivity index (χ3v) is 9.12. The third-order valence-electron chi connectivity index (χ3n) is 9.12. The average molecular weight is 577 g/mol. The summed E-state index contributed by atoms with van der Waals surface area (Å²) in [4.78, 5) is 37.4. The topological polar surface area (TPSA) is 112 Å². The zero-order valence-corrected chi connectivity index (χ0v) is 24.4. The molecule has 0 bridgehead atoms. The molecule has 1 fully saturated rings. The summed E-state index contributed by atoms with van der Waals surface area (Å²) in [7, 11) is 2.09. The monoisotopic (exact) mass is 576 g/mol. The molecule has 7 rings (SSSR count). The molecule has 0 spiro atoms. The van der Waals surface area contributed by atoms with Crippen molar-refractivity contribution in [3.8, 4) is 22.3 Å². The van der Waals surface area contributed by atoms with Gasteiger partial charge in [-0.3, -0.25) is 14.8 Å². The molecule has 1 aromatic carbocycles. The molecule has 0 saturated carbocycles. The Morgan fingerprint density at radius 3 is 2.63 bits per heavy atom. The van der Waals surface area contributed by atoms with Crippen molar-refractivity contribution >= 4 is 28.4 Å². The Bertz CT molecular complexity index is 1850. The van der Waals surface area contributed by atoms with Crippen LogP contribution in [0.5, 0.6) is 0 Å². The number of aromatic nitrogens is 5. The molecule has 0 radical (unpaired) electrons. The van der Waals surface area contributed by atoms with Gasteiger partial charge >= 0.3 is 0 Å². The number of anilines is 2. The van der Waals surface area contributed by atoms with Crippen LogP contribution in [0.2, 0.25) is 0 Å². The molecule has 1 amide bonds. The summed E-state index contributed by atoms with van der Waals surface area (Å²) in [6, 6.07) is 10.5. The minimum absolute atomic E-state index is 0.00947. The Kier molecular flexibility index (Phi) is 6.65. The van der Waals surface area contributed by atoms with Crippen LogP contribution in [0.15, 0.2) is 67.4 Å². The predicted octanol–water partition coefficient (Wildman–Crippen LogP) is 5.62. The van der Waals surface area contributed by atoms with Gasteiger partial charge in [-0.15, -0.1) is 0 Å². The van der Waals surface area contributed by atoms with E-state index >= 15 is 0 Å². The van der Waals surface area contributed by atoms with Crippen molar-refractivity contribution in [1.29, 1.82) is 0 Å². The predicted molar refractivity (Wildman–Crippen MR) is 165 cm³/mol. The van der Waals surface area contributed by atoms with Gasteiger partial charge in [0, 0.05) is 52.8 Å². The summed E-state index contributed by atoms with van der Waals surface area (Å²) in [6.45, 7) is 6.11. The van der Waals surface area contributed by atoms with Crippen LogP contribution in [0.4, 0.5) is 15.9 Å². The van der Waals surface area contributed by atoms with Crippen LogP contribution in [0.25, 0.3) is 33.3 Å². The first-order valence-electron chi connectivity index (χ1n) is 14.6. The molecule has 5 aromatic rings. The van der Waals surface area contributed by atoms with E-state index in [1.165, 1.54) is 12.1 Å². The minimum Gasteiger partial charge on any atom is -0.366 e.